The number of piperazine rings is 1. The van der Waals surface area contributed by atoms with Crippen LogP contribution in [-0.2, 0) is 4.79 Å². The highest BCUT2D eigenvalue weighted by atomic mass is 35.5. The summed E-state index contributed by atoms with van der Waals surface area (Å²) in [5, 5.41) is 11.7. The first-order valence-corrected chi connectivity index (χ1v) is 9.68. The minimum Gasteiger partial charge on any atom is -0.497 e. The van der Waals surface area contributed by atoms with Gasteiger partial charge in [-0.2, -0.15) is 0 Å². The lowest BCUT2D eigenvalue weighted by Gasteiger charge is -2.35. The van der Waals surface area contributed by atoms with Crippen LogP contribution in [0.25, 0.3) is 6.08 Å². The van der Waals surface area contributed by atoms with Crippen molar-refractivity contribution in [2.75, 3.05) is 45.3 Å². The third-order valence-corrected chi connectivity index (χ3v) is 5.14. The monoisotopic (exact) mass is 431 g/mol. The maximum Gasteiger partial charge on any atom is 0.294 e. The second-order valence-electron chi connectivity index (χ2n) is 6.64. The fraction of sp³-hybridized carbons (Fsp3) is 0.286. The van der Waals surface area contributed by atoms with Gasteiger partial charge in [0.25, 0.3) is 5.69 Å². The standard InChI is InChI=1S/C21H22ClN3O5/c1-29-17-5-7-20(30-2)15(13-17)3-8-21(26)24-11-9-23(10-12-24)18-6-4-16(22)14-19(18)25(27)28/h3-8,13-14H,9-12H2,1-2H3/b8-3-. The Morgan fingerprint density at radius 3 is 2.47 bits per heavy atom. The number of methoxy groups -OCH3 is 2. The molecule has 1 aliphatic heterocycles. The summed E-state index contributed by atoms with van der Waals surface area (Å²) in [7, 11) is 3.14. The van der Waals surface area contributed by atoms with E-state index in [-0.39, 0.29) is 11.6 Å². The van der Waals surface area contributed by atoms with Crippen LogP contribution in [-0.4, -0.2) is 56.1 Å². The summed E-state index contributed by atoms with van der Waals surface area (Å²) in [6, 6.07) is 9.98. The molecule has 0 aliphatic carbocycles. The van der Waals surface area contributed by atoms with Crippen molar-refractivity contribution in [2.45, 2.75) is 0 Å². The van der Waals surface area contributed by atoms with E-state index in [4.69, 9.17) is 21.1 Å². The van der Waals surface area contributed by atoms with Crippen LogP contribution in [0.5, 0.6) is 11.5 Å². The number of nitro groups is 1. The number of hydrogen-bond acceptors (Lipinski definition) is 6. The first-order chi connectivity index (χ1) is 14.4. The highest BCUT2D eigenvalue weighted by Crippen LogP contribution is 2.31. The average Bonchev–Trinajstić information content (AvgIpc) is 2.77. The van der Waals surface area contributed by atoms with Crippen LogP contribution >= 0.6 is 11.6 Å². The van der Waals surface area contributed by atoms with Crippen molar-refractivity contribution in [3.05, 3.63) is 63.2 Å². The molecule has 2 aromatic rings. The van der Waals surface area contributed by atoms with Crippen LogP contribution in [0.3, 0.4) is 0 Å². The first-order valence-electron chi connectivity index (χ1n) is 9.31. The summed E-state index contributed by atoms with van der Waals surface area (Å²) in [6.45, 7) is 1.89. The van der Waals surface area contributed by atoms with Gasteiger partial charge in [0.2, 0.25) is 5.91 Å². The smallest absolute Gasteiger partial charge is 0.294 e. The van der Waals surface area contributed by atoms with Gasteiger partial charge in [-0.3, -0.25) is 14.9 Å². The van der Waals surface area contributed by atoms with Crippen LogP contribution in [0.1, 0.15) is 5.56 Å². The fourth-order valence-corrected chi connectivity index (χ4v) is 3.48. The van der Waals surface area contributed by atoms with Crippen LogP contribution in [0.4, 0.5) is 11.4 Å². The predicted molar refractivity (Wildman–Crippen MR) is 115 cm³/mol. The minimum atomic E-state index is -0.441. The molecule has 0 aromatic heterocycles. The van der Waals surface area contributed by atoms with Gasteiger partial charge in [0, 0.05) is 48.9 Å². The topological polar surface area (TPSA) is 85.2 Å². The van der Waals surface area contributed by atoms with E-state index in [0.29, 0.717) is 48.4 Å². The number of anilines is 1. The molecule has 0 bridgehead atoms. The largest absolute Gasteiger partial charge is 0.497 e. The van der Waals surface area contributed by atoms with Gasteiger partial charge in [0.15, 0.2) is 0 Å². The zero-order chi connectivity index (χ0) is 21.7. The molecule has 0 spiro atoms. The van der Waals surface area contributed by atoms with E-state index in [1.807, 2.05) is 4.90 Å². The van der Waals surface area contributed by atoms with E-state index in [1.54, 1.807) is 55.5 Å². The lowest BCUT2D eigenvalue weighted by Crippen LogP contribution is -2.48. The average molecular weight is 432 g/mol. The van der Waals surface area contributed by atoms with E-state index in [2.05, 4.69) is 0 Å². The first kappa shape index (κ1) is 21.4. The summed E-state index contributed by atoms with van der Waals surface area (Å²) < 4.78 is 10.5. The summed E-state index contributed by atoms with van der Waals surface area (Å²) in [4.78, 5) is 27.1. The lowest BCUT2D eigenvalue weighted by molar-refractivity contribution is -0.384. The molecule has 9 heteroatoms. The Bertz CT molecular complexity index is 971. The summed E-state index contributed by atoms with van der Waals surface area (Å²) >= 11 is 5.89. The maximum absolute atomic E-state index is 12.6. The SMILES string of the molecule is COc1ccc(OC)c(/C=C\C(=O)N2CCN(c3ccc(Cl)cc3[N+](=O)[O-])CC2)c1. The van der Waals surface area contributed by atoms with E-state index < -0.39 is 4.92 Å². The zero-order valence-electron chi connectivity index (χ0n) is 16.7. The molecule has 2 aromatic carbocycles. The summed E-state index contributed by atoms with van der Waals surface area (Å²) in [5.41, 5.74) is 1.21. The molecule has 1 heterocycles. The van der Waals surface area contributed by atoms with E-state index in [1.165, 1.54) is 12.1 Å². The van der Waals surface area contributed by atoms with Gasteiger partial charge < -0.3 is 19.3 Å². The van der Waals surface area contributed by atoms with Crippen molar-refractivity contribution in [1.82, 2.24) is 4.90 Å². The molecule has 0 N–H and O–H groups in total. The normalized spacial score (nSPS) is 14.1. The second-order valence-corrected chi connectivity index (χ2v) is 7.08. The number of rotatable bonds is 6. The van der Waals surface area contributed by atoms with Crippen molar-refractivity contribution in [1.29, 1.82) is 0 Å². The molecular formula is C21H22ClN3O5. The van der Waals surface area contributed by atoms with Crippen molar-refractivity contribution in [3.8, 4) is 11.5 Å². The molecule has 1 saturated heterocycles. The van der Waals surface area contributed by atoms with Crippen LogP contribution in [0.15, 0.2) is 42.5 Å². The minimum absolute atomic E-state index is 0.0349. The highest BCUT2D eigenvalue weighted by molar-refractivity contribution is 6.30. The quantitative estimate of drug-likeness (QED) is 0.394. The highest BCUT2D eigenvalue weighted by Gasteiger charge is 2.25. The molecule has 1 aliphatic rings. The Kier molecular flexibility index (Phi) is 6.79. The van der Waals surface area contributed by atoms with E-state index >= 15 is 0 Å². The second kappa shape index (κ2) is 9.49. The number of halogens is 1. The van der Waals surface area contributed by atoms with Crippen LogP contribution < -0.4 is 14.4 Å². The fourth-order valence-electron chi connectivity index (χ4n) is 3.31. The number of carbonyl (C=O) groups is 1. The van der Waals surface area contributed by atoms with Gasteiger partial charge >= 0.3 is 0 Å². The van der Waals surface area contributed by atoms with Gasteiger partial charge in [-0.1, -0.05) is 11.6 Å². The Hall–Kier alpha value is -3.26. The van der Waals surface area contributed by atoms with Gasteiger partial charge in [-0.15, -0.1) is 0 Å². The molecule has 0 atom stereocenters. The zero-order valence-corrected chi connectivity index (χ0v) is 17.5. The van der Waals surface area contributed by atoms with Crippen LogP contribution in [0.2, 0.25) is 5.02 Å². The van der Waals surface area contributed by atoms with Gasteiger partial charge in [0.05, 0.1) is 19.1 Å². The molecule has 8 nitrogen and oxygen atoms in total. The third kappa shape index (κ3) is 4.83. The number of nitro benzene ring substituents is 1. The number of benzene rings is 2. The molecular weight excluding hydrogens is 410 g/mol. The molecule has 0 unspecified atom stereocenters. The number of amides is 1. The van der Waals surface area contributed by atoms with Crippen molar-refractivity contribution in [2.24, 2.45) is 0 Å². The van der Waals surface area contributed by atoms with Crippen molar-refractivity contribution < 1.29 is 19.2 Å². The summed E-state index contributed by atoms with van der Waals surface area (Å²) in [5.74, 6) is 1.17. The van der Waals surface area contributed by atoms with Gasteiger partial charge in [-0.25, -0.2) is 0 Å². The number of nitrogens with zero attached hydrogens (tertiary/aromatic N) is 3. The lowest BCUT2D eigenvalue weighted by atomic mass is 10.1. The van der Waals surface area contributed by atoms with Gasteiger partial charge in [-0.05, 0) is 36.4 Å². The Labute approximate surface area is 179 Å². The number of hydrogen-bond donors (Lipinski definition) is 0. The molecule has 1 fully saturated rings. The maximum atomic E-state index is 12.6. The predicted octanol–water partition coefficient (Wildman–Crippen LogP) is 3.63. The Balaban J connectivity index is 1.67. The van der Waals surface area contributed by atoms with E-state index in [9.17, 15) is 14.9 Å². The van der Waals surface area contributed by atoms with Crippen LogP contribution in [0, 0.1) is 10.1 Å². The van der Waals surface area contributed by atoms with E-state index in [0.717, 1.165) is 5.56 Å². The molecule has 0 radical (unpaired) electrons. The summed E-state index contributed by atoms with van der Waals surface area (Å²) in [6.07, 6.45) is 3.19. The Morgan fingerprint density at radius 1 is 1.10 bits per heavy atom. The molecule has 3 rings (SSSR count). The number of ether oxygens (including phenoxy) is 2. The molecule has 1 amide bonds. The van der Waals surface area contributed by atoms with Crippen molar-refractivity contribution >= 4 is 35.0 Å². The number of carbonyl (C=O) groups excluding carboxylic acids is 1. The Morgan fingerprint density at radius 2 is 1.83 bits per heavy atom. The van der Waals surface area contributed by atoms with Crippen molar-refractivity contribution in [3.63, 3.8) is 0 Å². The van der Waals surface area contributed by atoms with Gasteiger partial charge in [0.1, 0.15) is 17.2 Å². The third-order valence-electron chi connectivity index (χ3n) is 4.91. The molecule has 158 valence electrons. The molecule has 30 heavy (non-hydrogen) atoms. The molecule has 0 saturated carbocycles.